The largest absolute Gasteiger partial charge is 0.383 e. The molecule has 72 valence electrons. The number of hydrogen-bond acceptors (Lipinski definition) is 3. The van der Waals surface area contributed by atoms with Crippen LogP contribution in [0.2, 0.25) is 0 Å². The number of hydrogen-bond donors (Lipinski definition) is 1. The number of nitrogens with one attached hydrogen (secondary N) is 1. The maximum Gasteiger partial charge on any atom is 0.0589 e. The highest BCUT2D eigenvalue weighted by Crippen LogP contribution is 2.02. The Kier molecular flexibility index (Phi) is 4.58. The fraction of sp³-hybridized carbons (Fsp3) is 1.00. The number of methoxy groups -OCH3 is 1. The Morgan fingerprint density at radius 1 is 1.58 bits per heavy atom. The summed E-state index contributed by atoms with van der Waals surface area (Å²) >= 11 is 0. The number of ether oxygens (including phenoxy) is 1. The third-order valence-corrected chi connectivity index (χ3v) is 2.44. The van der Waals surface area contributed by atoms with Gasteiger partial charge in [0.15, 0.2) is 0 Å². The van der Waals surface area contributed by atoms with Crippen molar-refractivity contribution in [2.45, 2.75) is 19.4 Å². The molecule has 1 aliphatic rings. The molecule has 0 aromatic carbocycles. The van der Waals surface area contributed by atoms with Gasteiger partial charge in [0.2, 0.25) is 0 Å². The van der Waals surface area contributed by atoms with Crippen LogP contribution >= 0.6 is 0 Å². The molecule has 0 bridgehead atoms. The summed E-state index contributed by atoms with van der Waals surface area (Å²) in [7, 11) is 1.76. The molecule has 0 aliphatic carbocycles. The van der Waals surface area contributed by atoms with E-state index < -0.39 is 0 Å². The molecule has 0 radical (unpaired) electrons. The molecular formula is C9H20N2O. The second-order valence-corrected chi connectivity index (χ2v) is 3.44. The van der Waals surface area contributed by atoms with Crippen molar-refractivity contribution in [1.82, 2.24) is 10.2 Å². The van der Waals surface area contributed by atoms with Crippen molar-refractivity contribution in [2.75, 3.05) is 39.9 Å². The van der Waals surface area contributed by atoms with E-state index in [-0.39, 0.29) is 0 Å². The molecule has 12 heavy (non-hydrogen) atoms. The van der Waals surface area contributed by atoms with Crippen LogP contribution in [0.25, 0.3) is 0 Å². The van der Waals surface area contributed by atoms with E-state index in [4.69, 9.17) is 4.74 Å². The maximum atomic E-state index is 5.07. The SMILES string of the molecule is COCCN1CCCNCC1C. The predicted molar refractivity (Wildman–Crippen MR) is 50.4 cm³/mol. The summed E-state index contributed by atoms with van der Waals surface area (Å²) in [5.41, 5.74) is 0. The summed E-state index contributed by atoms with van der Waals surface area (Å²) in [5.74, 6) is 0. The van der Waals surface area contributed by atoms with Crippen molar-refractivity contribution < 1.29 is 4.74 Å². The smallest absolute Gasteiger partial charge is 0.0589 e. The molecule has 0 saturated carbocycles. The van der Waals surface area contributed by atoms with E-state index in [1.54, 1.807) is 7.11 Å². The van der Waals surface area contributed by atoms with Gasteiger partial charge in [-0.1, -0.05) is 0 Å². The Hall–Kier alpha value is -0.120. The molecule has 1 aliphatic heterocycles. The van der Waals surface area contributed by atoms with Gasteiger partial charge >= 0.3 is 0 Å². The van der Waals surface area contributed by atoms with Crippen molar-refractivity contribution >= 4 is 0 Å². The summed E-state index contributed by atoms with van der Waals surface area (Å²) in [6.07, 6.45) is 1.26. The third-order valence-electron chi connectivity index (χ3n) is 2.44. The molecule has 0 spiro atoms. The first-order chi connectivity index (χ1) is 5.84. The van der Waals surface area contributed by atoms with Gasteiger partial charge in [0.1, 0.15) is 0 Å². The van der Waals surface area contributed by atoms with Gasteiger partial charge in [-0.3, -0.25) is 4.90 Å². The molecule has 1 rings (SSSR count). The molecule has 1 atom stereocenters. The minimum Gasteiger partial charge on any atom is -0.383 e. The van der Waals surface area contributed by atoms with Crippen LogP contribution in [0.4, 0.5) is 0 Å². The standard InChI is InChI=1S/C9H20N2O/c1-9-8-10-4-3-5-11(9)6-7-12-2/h9-10H,3-8H2,1-2H3. The molecule has 3 nitrogen and oxygen atoms in total. The normalized spacial score (nSPS) is 27.0. The quantitative estimate of drug-likeness (QED) is 0.663. The Balaban J connectivity index is 2.26. The molecule has 1 fully saturated rings. The summed E-state index contributed by atoms with van der Waals surface area (Å²) < 4.78 is 5.07. The lowest BCUT2D eigenvalue weighted by atomic mass is 10.3. The summed E-state index contributed by atoms with van der Waals surface area (Å²) in [6, 6.07) is 0.655. The van der Waals surface area contributed by atoms with Crippen LogP contribution in [0.15, 0.2) is 0 Å². The second-order valence-electron chi connectivity index (χ2n) is 3.44. The second kappa shape index (κ2) is 5.51. The summed E-state index contributed by atoms with van der Waals surface area (Å²) in [5, 5.41) is 3.42. The van der Waals surface area contributed by atoms with E-state index in [9.17, 15) is 0 Å². The van der Waals surface area contributed by atoms with E-state index >= 15 is 0 Å². The Bertz CT molecular complexity index is 119. The minimum atomic E-state index is 0.655. The molecule has 3 heteroatoms. The average Bonchev–Trinajstić information content (AvgIpc) is 2.27. The fourth-order valence-corrected chi connectivity index (χ4v) is 1.61. The minimum absolute atomic E-state index is 0.655. The highest BCUT2D eigenvalue weighted by atomic mass is 16.5. The van der Waals surface area contributed by atoms with Gasteiger partial charge in [-0.15, -0.1) is 0 Å². The molecule has 1 unspecified atom stereocenters. The molecule has 0 aromatic heterocycles. The van der Waals surface area contributed by atoms with Crippen molar-refractivity contribution in [2.24, 2.45) is 0 Å². The van der Waals surface area contributed by atoms with Crippen LogP contribution in [-0.2, 0) is 4.74 Å². The maximum absolute atomic E-state index is 5.07. The van der Waals surface area contributed by atoms with E-state index in [0.29, 0.717) is 6.04 Å². The lowest BCUT2D eigenvalue weighted by Crippen LogP contribution is -2.39. The predicted octanol–water partition coefficient (Wildman–Crippen LogP) is 0.317. The van der Waals surface area contributed by atoms with Crippen LogP contribution < -0.4 is 5.32 Å². The molecule has 1 saturated heterocycles. The van der Waals surface area contributed by atoms with Gasteiger partial charge in [-0.25, -0.2) is 0 Å². The lowest BCUT2D eigenvalue weighted by molar-refractivity contribution is 0.130. The summed E-state index contributed by atoms with van der Waals surface area (Å²) in [6.45, 7) is 7.67. The zero-order chi connectivity index (χ0) is 8.81. The Morgan fingerprint density at radius 2 is 2.42 bits per heavy atom. The monoisotopic (exact) mass is 172 g/mol. The highest BCUT2D eigenvalue weighted by Gasteiger charge is 2.15. The highest BCUT2D eigenvalue weighted by molar-refractivity contribution is 4.73. The van der Waals surface area contributed by atoms with Crippen molar-refractivity contribution in [3.05, 3.63) is 0 Å². The van der Waals surface area contributed by atoms with Crippen LogP contribution in [-0.4, -0.2) is 50.8 Å². The van der Waals surface area contributed by atoms with Gasteiger partial charge in [-0.2, -0.15) is 0 Å². The zero-order valence-electron chi connectivity index (χ0n) is 8.18. The van der Waals surface area contributed by atoms with E-state index in [1.165, 1.54) is 13.0 Å². The topological polar surface area (TPSA) is 24.5 Å². The van der Waals surface area contributed by atoms with E-state index in [2.05, 4.69) is 17.1 Å². The molecular weight excluding hydrogens is 152 g/mol. The Morgan fingerprint density at radius 3 is 3.17 bits per heavy atom. The van der Waals surface area contributed by atoms with E-state index in [0.717, 1.165) is 26.2 Å². The number of rotatable bonds is 3. The molecule has 1 N–H and O–H groups in total. The van der Waals surface area contributed by atoms with E-state index in [1.807, 2.05) is 0 Å². The van der Waals surface area contributed by atoms with Crippen LogP contribution in [0.1, 0.15) is 13.3 Å². The third kappa shape index (κ3) is 3.09. The first-order valence-electron chi connectivity index (χ1n) is 4.78. The zero-order valence-corrected chi connectivity index (χ0v) is 8.18. The van der Waals surface area contributed by atoms with Gasteiger partial charge in [-0.05, 0) is 26.4 Å². The van der Waals surface area contributed by atoms with Crippen LogP contribution in [0, 0.1) is 0 Å². The molecule has 0 aromatic rings. The molecule has 1 heterocycles. The fourth-order valence-electron chi connectivity index (χ4n) is 1.61. The first kappa shape index (κ1) is 9.96. The van der Waals surface area contributed by atoms with Crippen LogP contribution in [0.3, 0.4) is 0 Å². The Labute approximate surface area is 75.1 Å². The van der Waals surface area contributed by atoms with Crippen molar-refractivity contribution in [1.29, 1.82) is 0 Å². The van der Waals surface area contributed by atoms with Gasteiger partial charge in [0, 0.05) is 26.2 Å². The van der Waals surface area contributed by atoms with Gasteiger partial charge in [0.25, 0.3) is 0 Å². The average molecular weight is 172 g/mol. The van der Waals surface area contributed by atoms with Crippen LogP contribution in [0.5, 0.6) is 0 Å². The first-order valence-corrected chi connectivity index (χ1v) is 4.78. The number of nitrogens with zero attached hydrogens (tertiary/aromatic N) is 1. The summed E-state index contributed by atoms with van der Waals surface area (Å²) in [4.78, 5) is 2.49. The van der Waals surface area contributed by atoms with Crippen molar-refractivity contribution in [3.8, 4) is 0 Å². The van der Waals surface area contributed by atoms with Crippen molar-refractivity contribution in [3.63, 3.8) is 0 Å². The van der Waals surface area contributed by atoms with Gasteiger partial charge in [0.05, 0.1) is 6.61 Å². The lowest BCUT2D eigenvalue weighted by Gasteiger charge is -2.25. The van der Waals surface area contributed by atoms with Gasteiger partial charge < -0.3 is 10.1 Å². The molecule has 0 amide bonds.